The van der Waals surface area contributed by atoms with Crippen molar-refractivity contribution < 1.29 is 29.6 Å². The number of aryl methyl sites for hydroxylation is 2. The van der Waals surface area contributed by atoms with Gasteiger partial charge in [0, 0.05) is 0 Å². The summed E-state index contributed by atoms with van der Waals surface area (Å²) >= 11 is 0. The van der Waals surface area contributed by atoms with Crippen molar-refractivity contribution in [3.8, 4) is 0 Å². The third-order valence-corrected chi connectivity index (χ3v) is 1.98. The van der Waals surface area contributed by atoms with Gasteiger partial charge in [-0.3, -0.25) is 0 Å². The van der Waals surface area contributed by atoms with E-state index in [0.29, 0.717) is 0 Å². The van der Waals surface area contributed by atoms with Crippen LogP contribution in [-0.2, 0) is 0 Å². The van der Waals surface area contributed by atoms with Crippen LogP contribution in [0.1, 0.15) is 11.1 Å². The quantitative estimate of drug-likeness (QED) is 0.463. The Morgan fingerprint density at radius 1 is 1.17 bits per heavy atom. The number of nitrogens with zero attached hydrogens (tertiary/aromatic N) is 2. The Bertz CT molecular complexity index is 356. The average Bonchev–Trinajstić information content (AvgIpc) is 2.36. The van der Waals surface area contributed by atoms with Crippen LogP contribution in [0, 0.1) is 13.8 Å². The van der Waals surface area contributed by atoms with Crippen molar-refractivity contribution >= 4 is 11.0 Å². The number of imidazole rings is 1. The van der Waals surface area contributed by atoms with Crippen LogP contribution in [0.15, 0.2) is 18.5 Å². The molecular formula is C9H9N2Na. The molecule has 0 radical (unpaired) electrons. The minimum atomic E-state index is 0. The van der Waals surface area contributed by atoms with E-state index >= 15 is 0 Å². The summed E-state index contributed by atoms with van der Waals surface area (Å²) in [6.07, 6.45) is 1.60. The van der Waals surface area contributed by atoms with Crippen molar-refractivity contribution in [1.29, 1.82) is 0 Å². The molecule has 0 N–H and O–H groups in total. The topological polar surface area (TPSA) is 27.0 Å². The number of hydrogen-bond acceptors (Lipinski definition) is 1. The Kier molecular flexibility index (Phi) is 2.94. The van der Waals surface area contributed by atoms with Crippen LogP contribution in [0.5, 0.6) is 0 Å². The third kappa shape index (κ3) is 1.56. The molecule has 0 saturated heterocycles. The maximum Gasteiger partial charge on any atom is 1.00 e. The summed E-state index contributed by atoms with van der Waals surface area (Å²) in [6, 6.07) is 4.13. The summed E-state index contributed by atoms with van der Waals surface area (Å²) in [5.74, 6) is 0. The zero-order chi connectivity index (χ0) is 7.84. The molecule has 0 unspecified atom stereocenters. The Morgan fingerprint density at radius 3 is 2.58 bits per heavy atom. The van der Waals surface area contributed by atoms with Gasteiger partial charge in [0.2, 0.25) is 0 Å². The van der Waals surface area contributed by atoms with Crippen molar-refractivity contribution in [3.63, 3.8) is 0 Å². The molecule has 0 fully saturated rings. The third-order valence-electron chi connectivity index (χ3n) is 1.98. The summed E-state index contributed by atoms with van der Waals surface area (Å²) in [7, 11) is 0. The number of aromatic nitrogens is 2. The molecule has 1 aromatic heterocycles. The molecular weight excluding hydrogens is 159 g/mol. The van der Waals surface area contributed by atoms with Gasteiger partial charge in [-0.1, -0.05) is 18.5 Å². The van der Waals surface area contributed by atoms with E-state index in [9.17, 15) is 0 Å². The number of fused-ring (bicyclic) bond motifs is 1. The minimum Gasteiger partial charge on any atom is -0.443 e. The molecule has 1 heterocycles. The second-order valence-electron chi connectivity index (χ2n) is 2.80. The maximum atomic E-state index is 4.11. The summed E-state index contributed by atoms with van der Waals surface area (Å²) in [5, 5.41) is 0. The molecule has 2 nitrogen and oxygen atoms in total. The molecule has 0 saturated carbocycles. The summed E-state index contributed by atoms with van der Waals surface area (Å²) in [5.41, 5.74) is 4.54. The SMILES string of the molecule is Cc1cc2nc[n-]c2cc1C.[Na+]. The van der Waals surface area contributed by atoms with Crippen LogP contribution in [0.25, 0.3) is 11.0 Å². The van der Waals surface area contributed by atoms with E-state index in [0.717, 1.165) is 11.0 Å². The van der Waals surface area contributed by atoms with Crippen molar-refractivity contribution in [3.05, 3.63) is 29.6 Å². The first kappa shape index (κ1) is 9.78. The Balaban J connectivity index is 0.000000720. The molecule has 0 spiro atoms. The van der Waals surface area contributed by atoms with Gasteiger partial charge in [0.25, 0.3) is 0 Å². The van der Waals surface area contributed by atoms with Gasteiger partial charge >= 0.3 is 29.6 Å². The molecule has 56 valence electrons. The summed E-state index contributed by atoms with van der Waals surface area (Å²) < 4.78 is 0. The van der Waals surface area contributed by atoms with Gasteiger partial charge in [-0.2, -0.15) is 0 Å². The van der Waals surface area contributed by atoms with Gasteiger partial charge in [0.05, 0.1) is 0 Å². The van der Waals surface area contributed by atoms with Crippen LogP contribution >= 0.6 is 0 Å². The Morgan fingerprint density at radius 2 is 1.83 bits per heavy atom. The molecule has 0 aliphatic heterocycles. The molecule has 1 aromatic carbocycles. The van der Waals surface area contributed by atoms with Crippen LogP contribution in [0.4, 0.5) is 0 Å². The smallest absolute Gasteiger partial charge is 0.443 e. The first-order valence-electron chi connectivity index (χ1n) is 3.62. The van der Waals surface area contributed by atoms with Crippen molar-refractivity contribution in [2.45, 2.75) is 13.8 Å². The largest absolute Gasteiger partial charge is 1.00 e. The number of rotatable bonds is 0. The van der Waals surface area contributed by atoms with E-state index in [1.165, 1.54) is 11.1 Å². The number of benzene rings is 1. The van der Waals surface area contributed by atoms with Gasteiger partial charge in [0.1, 0.15) is 0 Å². The van der Waals surface area contributed by atoms with E-state index in [1.54, 1.807) is 6.33 Å². The molecule has 12 heavy (non-hydrogen) atoms. The Hall–Kier alpha value is -0.310. The van der Waals surface area contributed by atoms with Gasteiger partial charge in [0.15, 0.2) is 0 Å². The van der Waals surface area contributed by atoms with Gasteiger partial charge in [-0.15, -0.1) is 0 Å². The van der Waals surface area contributed by atoms with E-state index in [4.69, 9.17) is 0 Å². The van der Waals surface area contributed by atoms with Crippen LogP contribution < -0.4 is 34.5 Å². The molecule has 0 aliphatic carbocycles. The number of hydrogen-bond donors (Lipinski definition) is 0. The monoisotopic (exact) mass is 168 g/mol. The van der Waals surface area contributed by atoms with Crippen molar-refractivity contribution in [2.24, 2.45) is 0 Å². The molecule has 0 bridgehead atoms. The van der Waals surface area contributed by atoms with E-state index < -0.39 is 0 Å². The fourth-order valence-corrected chi connectivity index (χ4v) is 1.15. The molecule has 3 heteroatoms. The molecule has 0 atom stereocenters. The molecule has 0 aliphatic rings. The predicted octanol–water partition coefficient (Wildman–Crippen LogP) is -1.19. The summed E-state index contributed by atoms with van der Waals surface area (Å²) in [4.78, 5) is 8.22. The van der Waals surface area contributed by atoms with E-state index in [1.807, 2.05) is 0 Å². The zero-order valence-electron chi connectivity index (χ0n) is 7.63. The minimum absolute atomic E-state index is 0. The zero-order valence-corrected chi connectivity index (χ0v) is 9.63. The van der Waals surface area contributed by atoms with Gasteiger partial charge < -0.3 is 9.97 Å². The normalized spacial score (nSPS) is 9.83. The molecule has 0 amide bonds. The van der Waals surface area contributed by atoms with Crippen molar-refractivity contribution in [1.82, 2.24) is 9.97 Å². The second kappa shape index (κ2) is 3.60. The van der Waals surface area contributed by atoms with E-state index in [-0.39, 0.29) is 29.6 Å². The van der Waals surface area contributed by atoms with E-state index in [2.05, 4.69) is 35.9 Å². The first-order chi connectivity index (χ1) is 5.27. The second-order valence-corrected chi connectivity index (χ2v) is 2.80. The van der Waals surface area contributed by atoms with Crippen LogP contribution in [-0.4, -0.2) is 4.98 Å². The molecule has 2 rings (SSSR count). The predicted molar refractivity (Wildman–Crippen MR) is 44.5 cm³/mol. The fraction of sp³-hybridized carbons (Fsp3) is 0.222. The van der Waals surface area contributed by atoms with Crippen LogP contribution in [0.2, 0.25) is 0 Å². The van der Waals surface area contributed by atoms with Crippen molar-refractivity contribution in [2.75, 3.05) is 0 Å². The Labute approximate surface area is 93.7 Å². The average molecular weight is 168 g/mol. The van der Waals surface area contributed by atoms with Crippen LogP contribution in [0.3, 0.4) is 0 Å². The standard InChI is InChI=1S/C9H9N2.Na/c1-6-3-8-9(4-7(6)2)11-5-10-8;/h3-5H,1-2H3;/q-1;+1. The summed E-state index contributed by atoms with van der Waals surface area (Å²) in [6.45, 7) is 4.17. The maximum absolute atomic E-state index is 4.11. The van der Waals surface area contributed by atoms with Gasteiger partial charge in [-0.25, -0.2) is 0 Å². The fourth-order valence-electron chi connectivity index (χ4n) is 1.15. The van der Waals surface area contributed by atoms with Gasteiger partial charge in [-0.05, 0) is 36.0 Å². The first-order valence-corrected chi connectivity index (χ1v) is 3.62. The molecule has 2 aromatic rings.